The van der Waals surface area contributed by atoms with Gasteiger partial charge >= 0.3 is 0 Å². The zero-order valence-corrected chi connectivity index (χ0v) is 4.70. The summed E-state index contributed by atoms with van der Waals surface area (Å²) in [6.07, 6.45) is 2.34. The molecule has 0 aromatic rings. The van der Waals surface area contributed by atoms with Crippen LogP contribution in [0.1, 0.15) is 26.7 Å². The highest BCUT2D eigenvalue weighted by Crippen LogP contribution is 2.00. The summed E-state index contributed by atoms with van der Waals surface area (Å²) in [5, 5.41) is 0. The van der Waals surface area contributed by atoms with E-state index in [1.807, 2.05) is 0 Å². The summed E-state index contributed by atoms with van der Waals surface area (Å²) in [6.45, 7) is 8.15. The Morgan fingerprint density at radius 1 is 1.43 bits per heavy atom. The van der Waals surface area contributed by atoms with Gasteiger partial charge in [-0.25, -0.2) is 0 Å². The van der Waals surface area contributed by atoms with Crippen molar-refractivity contribution in [3.05, 3.63) is 6.92 Å². The Morgan fingerprint density at radius 3 is 1.86 bits per heavy atom. The van der Waals surface area contributed by atoms with Crippen molar-refractivity contribution in [2.45, 2.75) is 26.7 Å². The molecule has 0 saturated carbocycles. The van der Waals surface area contributed by atoms with E-state index in [1.165, 1.54) is 6.42 Å². The highest BCUT2D eigenvalue weighted by molar-refractivity contribution is 5.75. The van der Waals surface area contributed by atoms with Crippen molar-refractivity contribution in [1.82, 2.24) is 0 Å². The summed E-state index contributed by atoms with van der Waals surface area (Å²) in [6, 6.07) is 0. The predicted octanol–water partition coefficient (Wildman–Crippen LogP) is 1.07. The van der Waals surface area contributed by atoms with Crippen LogP contribution in [0.5, 0.6) is 0 Å². The molecule has 0 fully saturated rings. The van der Waals surface area contributed by atoms with Crippen LogP contribution in [-0.2, 0) is 0 Å². The number of hydrogen-bond acceptors (Lipinski definition) is 0. The lowest BCUT2D eigenvalue weighted by Crippen LogP contribution is -1.81. The quantitative estimate of drug-likeness (QED) is 0.472. The van der Waals surface area contributed by atoms with Crippen LogP contribution in [0, 0.1) is 12.8 Å². The van der Waals surface area contributed by atoms with E-state index in [9.17, 15) is 0 Å². The molecule has 0 nitrogen and oxygen atoms in total. The van der Waals surface area contributed by atoms with Crippen LogP contribution < -0.4 is 0 Å². The molecule has 0 spiro atoms. The summed E-state index contributed by atoms with van der Waals surface area (Å²) in [5.74, 6) is 0.836. The lowest BCUT2D eigenvalue weighted by Gasteiger charge is -1.95. The van der Waals surface area contributed by atoms with Gasteiger partial charge in [-0.05, 0) is 5.92 Å². The molecule has 0 heterocycles. The number of hydrogen-bond donors (Lipinski definition) is 0. The highest BCUT2D eigenvalue weighted by Gasteiger charge is 1.85. The van der Waals surface area contributed by atoms with Gasteiger partial charge in [-0.1, -0.05) is 33.6 Å². The third kappa shape index (κ3) is 10.8. The van der Waals surface area contributed by atoms with Crippen molar-refractivity contribution < 1.29 is 0 Å². The van der Waals surface area contributed by atoms with Crippen molar-refractivity contribution in [2.75, 3.05) is 0 Å². The van der Waals surface area contributed by atoms with E-state index in [2.05, 4.69) is 20.8 Å². The van der Waals surface area contributed by atoms with Crippen molar-refractivity contribution >= 4 is 17.4 Å². The molecule has 0 unspecified atom stereocenters. The van der Waals surface area contributed by atoms with E-state index in [0.29, 0.717) is 0 Å². The van der Waals surface area contributed by atoms with Crippen molar-refractivity contribution in [3.63, 3.8) is 0 Å². The SMILES string of the molecule is [AlH3].[CH2]CCC(C)C. The third-order valence-corrected chi connectivity index (χ3v) is 0.781. The third-order valence-electron chi connectivity index (χ3n) is 0.781. The van der Waals surface area contributed by atoms with Gasteiger partial charge in [0.2, 0.25) is 0 Å². The zero-order valence-electron chi connectivity index (χ0n) is 4.70. The van der Waals surface area contributed by atoms with Crippen LogP contribution in [0.3, 0.4) is 0 Å². The molecule has 0 N–H and O–H groups in total. The topological polar surface area (TPSA) is 0 Å². The Kier molecular flexibility index (Phi) is 9.80. The molecule has 0 aromatic carbocycles. The molecule has 0 atom stereocenters. The molecule has 1 heteroatoms. The maximum Gasteiger partial charge on any atom is 0.187 e. The van der Waals surface area contributed by atoms with Crippen LogP contribution >= 0.6 is 0 Å². The minimum Gasteiger partial charge on any atom is -0.0628 e. The first kappa shape index (κ1) is 10.5. The fourth-order valence-corrected chi connectivity index (χ4v) is 0.408. The molecule has 0 bridgehead atoms. The second kappa shape index (κ2) is 6.53. The smallest absolute Gasteiger partial charge is 0.0628 e. The monoisotopic (exact) mass is 115 g/mol. The molecule has 1 radical (unpaired) electrons. The molecular weight excluding hydrogens is 99.0 g/mol. The average molecular weight is 115 g/mol. The summed E-state index contributed by atoms with van der Waals surface area (Å²) < 4.78 is 0. The second-order valence-corrected chi connectivity index (χ2v) is 2.04. The van der Waals surface area contributed by atoms with Gasteiger partial charge in [0.15, 0.2) is 17.4 Å². The van der Waals surface area contributed by atoms with Crippen LogP contribution in [0.25, 0.3) is 0 Å². The Bertz CT molecular complexity index is 25.4. The second-order valence-electron chi connectivity index (χ2n) is 2.04. The number of rotatable bonds is 2. The van der Waals surface area contributed by atoms with Gasteiger partial charge in [0.1, 0.15) is 0 Å². The Morgan fingerprint density at radius 2 is 1.86 bits per heavy atom. The van der Waals surface area contributed by atoms with Gasteiger partial charge in [0.05, 0.1) is 0 Å². The van der Waals surface area contributed by atoms with E-state index in [1.54, 1.807) is 0 Å². The normalized spacial score (nSPS) is 8.57. The van der Waals surface area contributed by atoms with E-state index >= 15 is 0 Å². The molecule has 0 aromatic heterocycles. The van der Waals surface area contributed by atoms with Gasteiger partial charge in [-0.15, -0.1) is 0 Å². The minimum atomic E-state index is 0. The Hall–Kier alpha value is 0.532. The van der Waals surface area contributed by atoms with Gasteiger partial charge in [-0.3, -0.25) is 0 Å². The molecule has 0 aliphatic carbocycles. The van der Waals surface area contributed by atoms with Crippen LogP contribution in [0.4, 0.5) is 0 Å². The molecular formula is C6H16Al. The summed E-state index contributed by atoms with van der Waals surface area (Å²) >= 11 is 0. The van der Waals surface area contributed by atoms with Gasteiger partial charge in [0, 0.05) is 0 Å². The summed E-state index contributed by atoms with van der Waals surface area (Å²) in [5.41, 5.74) is 0. The summed E-state index contributed by atoms with van der Waals surface area (Å²) in [7, 11) is 0. The first-order valence-corrected chi connectivity index (χ1v) is 2.56. The van der Waals surface area contributed by atoms with E-state index < -0.39 is 0 Å². The molecule has 7 heavy (non-hydrogen) atoms. The standard InChI is InChI=1S/C6H13.Al.3H/c1-4-5-6(2)3;;;;/h6H,1,4-5H2,2-3H3;;;;. The fourth-order valence-electron chi connectivity index (χ4n) is 0.408. The zero-order chi connectivity index (χ0) is 4.99. The largest absolute Gasteiger partial charge is 0.187 e. The van der Waals surface area contributed by atoms with E-state index in [0.717, 1.165) is 12.3 Å². The lowest BCUT2D eigenvalue weighted by molar-refractivity contribution is 0.593. The Labute approximate surface area is 57.4 Å². The van der Waals surface area contributed by atoms with Gasteiger partial charge in [0.25, 0.3) is 0 Å². The van der Waals surface area contributed by atoms with Crippen LogP contribution in [-0.4, -0.2) is 17.4 Å². The maximum atomic E-state index is 3.73. The average Bonchev–Trinajstić information content (AvgIpc) is 1.35. The van der Waals surface area contributed by atoms with Crippen molar-refractivity contribution in [3.8, 4) is 0 Å². The first-order valence-electron chi connectivity index (χ1n) is 2.56. The Balaban J connectivity index is 0. The molecule has 0 aliphatic rings. The molecule has 0 saturated heterocycles. The summed E-state index contributed by atoms with van der Waals surface area (Å²) in [4.78, 5) is 0. The van der Waals surface area contributed by atoms with Crippen LogP contribution in [0.2, 0.25) is 0 Å². The molecule has 0 amide bonds. The van der Waals surface area contributed by atoms with Crippen molar-refractivity contribution in [2.24, 2.45) is 5.92 Å². The minimum absolute atomic E-state index is 0. The maximum absolute atomic E-state index is 3.73. The predicted molar refractivity (Wildman–Crippen MR) is 39.4 cm³/mol. The molecule has 0 aliphatic heterocycles. The van der Waals surface area contributed by atoms with Gasteiger partial charge < -0.3 is 0 Å². The van der Waals surface area contributed by atoms with E-state index in [-0.39, 0.29) is 17.4 Å². The fraction of sp³-hybridized carbons (Fsp3) is 0.833. The molecule has 43 valence electrons. The van der Waals surface area contributed by atoms with Crippen molar-refractivity contribution in [1.29, 1.82) is 0 Å². The van der Waals surface area contributed by atoms with Crippen LogP contribution in [0.15, 0.2) is 0 Å². The first-order chi connectivity index (χ1) is 2.77. The van der Waals surface area contributed by atoms with Gasteiger partial charge in [-0.2, -0.15) is 0 Å². The van der Waals surface area contributed by atoms with E-state index in [4.69, 9.17) is 0 Å². The molecule has 0 rings (SSSR count). The highest BCUT2D eigenvalue weighted by atomic mass is 27.0. The lowest BCUT2D eigenvalue weighted by atomic mass is 10.1.